The van der Waals surface area contributed by atoms with E-state index < -0.39 is 0 Å². The highest BCUT2D eigenvalue weighted by Gasteiger charge is 2.25. The van der Waals surface area contributed by atoms with Gasteiger partial charge in [-0.3, -0.25) is 0 Å². The molecule has 0 aliphatic rings. The van der Waals surface area contributed by atoms with E-state index in [4.69, 9.17) is 9.72 Å². The van der Waals surface area contributed by atoms with Crippen molar-refractivity contribution in [2.24, 2.45) is 0 Å². The first-order chi connectivity index (χ1) is 16.9. The van der Waals surface area contributed by atoms with Gasteiger partial charge in [0.05, 0.1) is 34.3 Å². The molecule has 4 aromatic rings. The third-order valence-electron chi connectivity index (χ3n) is 6.00. The van der Waals surface area contributed by atoms with Crippen LogP contribution in [0.2, 0.25) is 0 Å². The standard InChI is InChI=1S/C27H33N5O2S/c1-6-23(31(4)5)25(32-13-12-28-17-32)20-10-11-22-24(15-20)35-27(30-22)29-16-19-8-7-9-21(14-19)26(33)34-18(2)3/h7-15,17-18,23,25H,6,16H2,1-5H3,(H,29,30). The third-order valence-corrected chi connectivity index (χ3v) is 6.97. The summed E-state index contributed by atoms with van der Waals surface area (Å²) < 4.78 is 8.64. The number of hydrogen-bond acceptors (Lipinski definition) is 7. The van der Waals surface area contributed by atoms with Crippen molar-refractivity contribution in [1.29, 1.82) is 0 Å². The first-order valence-electron chi connectivity index (χ1n) is 11.9. The van der Waals surface area contributed by atoms with Crippen LogP contribution < -0.4 is 5.32 Å². The van der Waals surface area contributed by atoms with Crippen molar-refractivity contribution < 1.29 is 9.53 Å². The van der Waals surface area contributed by atoms with Gasteiger partial charge >= 0.3 is 5.97 Å². The van der Waals surface area contributed by atoms with E-state index in [0.717, 1.165) is 27.3 Å². The zero-order valence-electron chi connectivity index (χ0n) is 20.9. The molecule has 0 amide bonds. The maximum atomic E-state index is 12.2. The number of benzene rings is 2. The molecule has 1 N–H and O–H groups in total. The van der Waals surface area contributed by atoms with E-state index in [-0.39, 0.29) is 18.1 Å². The predicted octanol–water partition coefficient (Wildman–Crippen LogP) is 5.60. The molecule has 0 saturated heterocycles. The number of ether oxygens (including phenoxy) is 1. The normalized spacial score (nSPS) is 13.3. The minimum absolute atomic E-state index is 0.143. The number of hydrogen-bond donors (Lipinski definition) is 1. The quantitative estimate of drug-likeness (QED) is 0.291. The Morgan fingerprint density at radius 3 is 2.71 bits per heavy atom. The second kappa shape index (κ2) is 11.0. The average molecular weight is 492 g/mol. The van der Waals surface area contributed by atoms with E-state index in [1.54, 1.807) is 17.4 Å². The van der Waals surface area contributed by atoms with Crippen LogP contribution in [0.5, 0.6) is 0 Å². The molecular weight excluding hydrogens is 458 g/mol. The van der Waals surface area contributed by atoms with Gasteiger partial charge in [0.15, 0.2) is 5.13 Å². The molecule has 2 aromatic heterocycles. The van der Waals surface area contributed by atoms with Crippen molar-refractivity contribution in [3.63, 3.8) is 0 Å². The van der Waals surface area contributed by atoms with E-state index in [9.17, 15) is 4.79 Å². The lowest BCUT2D eigenvalue weighted by Gasteiger charge is -2.33. The lowest BCUT2D eigenvalue weighted by atomic mass is 9.96. The van der Waals surface area contributed by atoms with Crippen molar-refractivity contribution >= 4 is 32.7 Å². The first-order valence-corrected chi connectivity index (χ1v) is 12.8. The number of nitrogens with zero attached hydrogens (tertiary/aromatic N) is 4. The maximum Gasteiger partial charge on any atom is 0.338 e. The Labute approximate surface area is 210 Å². The van der Waals surface area contributed by atoms with Crippen LogP contribution in [0, 0.1) is 0 Å². The van der Waals surface area contributed by atoms with Gasteiger partial charge in [-0.25, -0.2) is 14.8 Å². The van der Waals surface area contributed by atoms with Gasteiger partial charge in [0.1, 0.15) is 0 Å². The van der Waals surface area contributed by atoms with Crippen LogP contribution in [-0.2, 0) is 11.3 Å². The zero-order chi connectivity index (χ0) is 24.9. The largest absolute Gasteiger partial charge is 0.459 e. The van der Waals surface area contributed by atoms with Crippen LogP contribution in [0.4, 0.5) is 5.13 Å². The van der Waals surface area contributed by atoms with Gasteiger partial charge in [0, 0.05) is 25.0 Å². The summed E-state index contributed by atoms with van der Waals surface area (Å²) in [5.74, 6) is -0.301. The van der Waals surface area contributed by atoms with Crippen LogP contribution in [0.25, 0.3) is 10.2 Å². The molecule has 2 atom stereocenters. The van der Waals surface area contributed by atoms with Gasteiger partial charge in [-0.05, 0) is 69.8 Å². The Kier molecular flexibility index (Phi) is 7.83. The van der Waals surface area contributed by atoms with Crippen molar-refractivity contribution in [2.75, 3.05) is 19.4 Å². The van der Waals surface area contributed by atoms with Crippen LogP contribution in [0.1, 0.15) is 54.7 Å². The van der Waals surface area contributed by atoms with Crippen LogP contribution in [0.3, 0.4) is 0 Å². The van der Waals surface area contributed by atoms with Gasteiger partial charge in [-0.15, -0.1) is 0 Å². The first kappa shape index (κ1) is 24.9. The fourth-order valence-corrected chi connectivity index (χ4v) is 5.28. The molecular formula is C27H33N5O2S. The summed E-state index contributed by atoms with van der Waals surface area (Å²) in [4.78, 5) is 23.6. The van der Waals surface area contributed by atoms with Gasteiger partial charge in [-0.2, -0.15) is 0 Å². The van der Waals surface area contributed by atoms with Gasteiger partial charge in [-0.1, -0.05) is 36.5 Å². The summed E-state index contributed by atoms with van der Waals surface area (Å²) in [6.45, 7) is 6.50. The summed E-state index contributed by atoms with van der Waals surface area (Å²) in [6, 6.07) is 14.5. The van der Waals surface area contributed by atoms with E-state index in [0.29, 0.717) is 18.2 Å². The maximum absolute atomic E-state index is 12.2. The molecule has 0 spiro atoms. The molecule has 0 fully saturated rings. The van der Waals surface area contributed by atoms with Crippen molar-refractivity contribution in [3.05, 3.63) is 77.9 Å². The molecule has 0 aliphatic heterocycles. The van der Waals surface area contributed by atoms with Crippen LogP contribution in [0.15, 0.2) is 61.2 Å². The van der Waals surface area contributed by atoms with E-state index in [1.165, 1.54) is 5.56 Å². The number of anilines is 1. The molecule has 4 rings (SSSR count). The van der Waals surface area contributed by atoms with Crippen LogP contribution in [-0.4, -0.2) is 51.6 Å². The highest BCUT2D eigenvalue weighted by Crippen LogP contribution is 2.33. The molecule has 2 aromatic carbocycles. The molecule has 2 unspecified atom stereocenters. The fraction of sp³-hybridized carbons (Fsp3) is 0.370. The fourth-order valence-electron chi connectivity index (χ4n) is 4.37. The third kappa shape index (κ3) is 5.89. The summed E-state index contributed by atoms with van der Waals surface area (Å²) >= 11 is 1.64. The summed E-state index contributed by atoms with van der Waals surface area (Å²) in [7, 11) is 4.26. The van der Waals surface area contributed by atoms with Gasteiger partial charge < -0.3 is 19.5 Å². The number of esters is 1. The molecule has 35 heavy (non-hydrogen) atoms. The highest BCUT2D eigenvalue weighted by atomic mass is 32.1. The summed E-state index contributed by atoms with van der Waals surface area (Å²) in [5, 5.41) is 4.27. The number of thiazole rings is 1. The lowest BCUT2D eigenvalue weighted by Crippen LogP contribution is -2.36. The number of likely N-dealkylation sites (N-methyl/N-ethyl adjacent to an activating group) is 1. The Hall–Kier alpha value is -3.23. The van der Waals surface area contributed by atoms with E-state index >= 15 is 0 Å². The molecule has 7 nitrogen and oxygen atoms in total. The second-order valence-corrected chi connectivity index (χ2v) is 10.2. The summed E-state index contributed by atoms with van der Waals surface area (Å²) in [6.07, 6.45) is 6.64. The van der Waals surface area contributed by atoms with Gasteiger partial charge in [0.25, 0.3) is 0 Å². The van der Waals surface area contributed by atoms with Crippen LogP contribution >= 0.6 is 11.3 Å². The number of nitrogens with one attached hydrogen (secondary N) is 1. The van der Waals surface area contributed by atoms with Crippen molar-refractivity contribution in [3.8, 4) is 0 Å². The highest BCUT2D eigenvalue weighted by molar-refractivity contribution is 7.22. The SMILES string of the molecule is CCC(C(c1ccc2nc(NCc3cccc(C(=O)OC(C)C)c3)sc2c1)n1ccnc1)N(C)C. The molecule has 184 valence electrons. The van der Waals surface area contributed by atoms with Crippen molar-refractivity contribution in [2.45, 2.75) is 51.9 Å². The molecule has 0 bridgehead atoms. The Morgan fingerprint density at radius 1 is 1.20 bits per heavy atom. The Balaban J connectivity index is 1.54. The molecule has 0 saturated carbocycles. The number of carbonyl (C=O) groups excluding carboxylic acids is 1. The monoisotopic (exact) mass is 491 g/mol. The Bertz CT molecular complexity index is 1270. The number of rotatable bonds is 10. The number of aromatic nitrogens is 3. The molecule has 0 aliphatic carbocycles. The lowest BCUT2D eigenvalue weighted by molar-refractivity contribution is 0.0378. The molecule has 8 heteroatoms. The number of imidazole rings is 1. The van der Waals surface area contributed by atoms with Crippen molar-refractivity contribution in [1.82, 2.24) is 19.4 Å². The predicted molar refractivity (Wildman–Crippen MR) is 142 cm³/mol. The number of fused-ring (bicyclic) bond motifs is 1. The topological polar surface area (TPSA) is 72.3 Å². The average Bonchev–Trinajstić information content (AvgIpc) is 3.50. The van der Waals surface area contributed by atoms with E-state index in [1.807, 2.05) is 50.8 Å². The second-order valence-electron chi connectivity index (χ2n) is 9.15. The summed E-state index contributed by atoms with van der Waals surface area (Å²) in [5.41, 5.74) is 3.77. The minimum atomic E-state index is -0.301. The van der Waals surface area contributed by atoms with E-state index in [2.05, 4.69) is 59.0 Å². The minimum Gasteiger partial charge on any atom is -0.459 e. The zero-order valence-corrected chi connectivity index (χ0v) is 21.7. The number of carbonyl (C=O) groups is 1. The molecule has 2 heterocycles. The Morgan fingerprint density at radius 2 is 2.03 bits per heavy atom. The smallest absolute Gasteiger partial charge is 0.338 e. The van der Waals surface area contributed by atoms with Gasteiger partial charge in [0.2, 0.25) is 0 Å². The molecule has 0 radical (unpaired) electrons.